The fourth-order valence-corrected chi connectivity index (χ4v) is 4.30. The molecule has 2 aliphatic rings. The summed E-state index contributed by atoms with van der Waals surface area (Å²) in [6.45, 7) is 0. The highest BCUT2D eigenvalue weighted by Gasteiger charge is 2.36. The summed E-state index contributed by atoms with van der Waals surface area (Å²) in [4.78, 5) is 0. The average Bonchev–Trinajstić information content (AvgIpc) is 3.04. The third-order valence-corrected chi connectivity index (χ3v) is 5.52. The molecular formula is C20H20BrN. The molecule has 4 rings (SSSR count). The van der Waals surface area contributed by atoms with Crippen LogP contribution in [0.3, 0.4) is 0 Å². The molecule has 112 valence electrons. The van der Waals surface area contributed by atoms with Gasteiger partial charge >= 0.3 is 0 Å². The molecule has 2 heteroatoms. The van der Waals surface area contributed by atoms with Gasteiger partial charge in [-0.05, 0) is 54.5 Å². The van der Waals surface area contributed by atoms with Crippen molar-refractivity contribution < 1.29 is 0 Å². The van der Waals surface area contributed by atoms with Crippen LogP contribution < -0.4 is 5.32 Å². The Morgan fingerprint density at radius 2 is 1.95 bits per heavy atom. The Bertz CT molecular complexity index is 692. The van der Waals surface area contributed by atoms with Crippen LogP contribution in [0.5, 0.6) is 0 Å². The van der Waals surface area contributed by atoms with Crippen LogP contribution in [0.1, 0.15) is 29.9 Å². The van der Waals surface area contributed by atoms with Gasteiger partial charge in [0.15, 0.2) is 0 Å². The number of halogens is 1. The summed E-state index contributed by atoms with van der Waals surface area (Å²) in [5.74, 6) is 1.28. The summed E-state index contributed by atoms with van der Waals surface area (Å²) in [5.41, 5.74) is 4.20. The third kappa shape index (κ3) is 2.61. The van der Waals surface area contributed by atoms with E-state index in [-0.39, 0.29) is 0 Å². The van der Waals surface area contributed by atoms with Crippen molar-refractivity contribution in [1.29, 1.82) is 0 Å². The highest BCUT2D eigenvalue weighted by molar-refractivity contribution is 9.10. The van der Waals surface area contributed by atoms with Gasteiger partial charge in [0.1, 0.15) is 0 Å². The Morgan fingerprint density at radius 3 is 2.82 bits per heavy atom. The number of hydrogen-bond acceptors (Lipinski definition) is 1. The Balaban J connectivity index is 1.56. The van der Waals surface area contributed by atoms with Crippen LogP contribution in [-0.4, -0.2) is 6.04 Å². The van der Waals surface area contributed by atoms with E-state index in [2.05, 4.69) is 81.9 Å². The predicted molar refractivity (Wildman–Crippen MR) is 96.3 cm³/mol. The maximum atomic E-state index is 3.81. The molecule has 2 aromatic carbocycles. The Morgan fingerprint density at radius 1 is 1.09 bits per heavy atom. The molecule has 0 amide bonds. The van der Waals surface area contributed by atoms with Gasteiger partial charge in [0, 0.05) is 22.1 Å². The van der Waals surface area contributed by atoms with Crippen LogP contribution in [0.4, 0.5) is 5.69 Å². The zero-order valence-electron chi connectivity index (χ0n) is 12.5. The lowest BCUT2D eigenvalue weighted by Crippen LogP contribution is -2.36. The van der Waals surface area contributed by atoms with Crippen molar-refractivity contribution in [3.05, 3.63) is 76.3 Å². The zero-order valence-corrected chi connectivity index (χ0v) is 14.1. The highest BCUT2D eigenvalue weighted by atomic mass is 79.9. The number of hydrogen-bond donors (Lipinski definition) is 1. The minimum Gasteiger partial charge on any atom is -0.382 e. The zero-order chi connectivity index (χ0) is 14.9. The van der Waals surface area contributed by atoms with E-state index in [0.717, 1.165) is 6.42 Å². The summed E-state index contributed by atoms with van der Waals surface area (Å²) in [5, 5.41) is 3.81. The van der Waals surface area contributed by atoms with Crippen molar-refractivity contribution in [3.63, 3.8) is 0 Å². The van der Waals surface area contributed by atoms with Gasteiger partial charge in [-0.25, -0.2) is 0 Å². The molecule has 0 radical (unpaired) electrons. The van der Waals surface area contributed by atoms with E-state index in [0.29, 0.717) is 17.9 Å². The van der Waals surface area contributed by atoms with Gasteiger partial charge in [-0.3, -0.25) is 0 Å². The Labute approximate surface area is 140 Å². The van der Waals surface area contributed by atoms with Crippen molar-refractivity contribution in [2.45, 2.75) is 31.2 Å². The predicted octanol–water partition coefficient (Wildman–Crippen LogP) is 5.54. The topological polar surface area (TPSA) is 12.0 Å². The summed E-state index contributed by atoms with van der Waals surface area (Å²) in [7, 11) is 0. The minimum atomic E-state index is 0.564. The Kier molecular flexibility index (Phi) is 3.79. The molecule has 0 spiro atoms. The van der Waals surface area contributed by atoms with Crippen LogP contribution in [-0.2, 0) is 6.42 Å². The van der Waals surface area contributed by atoms with E-state index in [1.54, 1.807) is 0 Å². The maximum absolute atomic E-state index is 3.81. The lowest BCUT2D eigenvalue weighted by molar-refractivity contribution is 0.397. The number of benzene rings is 2. The van der Waals surface area contributed by atoms with Gasteiger partial charge in [-0.2, -0.15) is 0 Å². The van der Waals surface area contributed by atoms with Gasteiger partial charge in [0.05, 0.1) is 0 Å². The van der Waals surface area contributed by atoms with E-state index >= 15 is 0 Å². The number of aryl methyl sites for hydroxylation is 1. The molecule has 0 bridgehead atoms. The molecule has 0 unspecified atom stereocenters. The van der Waals surface area contributed by atoms with Gasteiger partial charge in [-0.15, -0.1) is 0 Å². The van der Waals surface area contributed by atoms with Crippen LogP contribution >= 0.6 is 15.9 Å². The largest absolute Gasteiger partial charge is 0.382 e. The monoisotopic (exact) mass is 353 g/mol. The SMILES string of the molecule is Brc1ccc2c(c1)[C@H]1C=CC[C@H]1[C@@H](CCc1ccccc1)N2. The molecular weight excluding hydrogens is 334 g/mol. The third-order valence-electron chi connectivity index (χ3n) is 5.03. The lowest BCUT2D eigenvalue weighted by Gasteiger charge is -2.37. The summed E-state index contributed by atoms with van der Waals surface area (Å²) in [6, 6.07) is 18.0. The molecule has 1 aliphatic carbocycles. The molecule has 3 atom stereocenters. The van der Waals surface area contributed by atoms with E-state index in [4.69, 9.17) is 0 Å². The van der Waals surface area contributed by atoms with Crippen molar-refractivity contribution in [2.75, 3.05) is 5.32 Å². The highest BCUT2D eigenvalue weighted by Crippen LogP contribution is 2.46. The van der Waals surface area contributed by atoms with Crippen molar-refractivity contribution in [1.82, 2.24) is 0 Å². The molecule has 0 saturated heterocycles. The van der Waals surface area contributed by atoms with Gasteiger partial charge in [0.25, 0.3) is 0 Å². The van der Waals surface area contributed by atoms with Crippen LogP contribution in [0.25, 0.3) is 0 Å². The van der Waals surface area contributed by atoms with Gasteiger partial charge < -0.3 is 5.32 Å². The first-order chi connectivity index (χ1) is 10.8. The first-order valence-electron chi connectivity index (χ1n) is 8.08. The molecule has 1 aliphatic heterocycles. The number of rotatable bonds is 3. The fraction of sp³-hybridized carbons (Fsp3) is 0.300. The van der Waals surface area contributed by atoms with Crippen molar-refractivity contribution in [2.24, 2.45) is 5.92 Å². The normalized spacial score (nSPS) is 25.4. The standard InChI is InChI=1S/C20H20BrN/c21-15-10-12-20-18(13-15)16-7-4-8-17(16)19(22-20)11-9-14-5-2-1-3-6-14/h1-7,10,12-13,16-17,19,22H,8-9,11H2/t16-,17+,19+/m0/s1. The second kappa shape index (κ2) is 5.92. The van der Waals surface area contributed by atoms with Crippen LogP contribution in [0.15, 0.2) is 65.2 Å². The lowest BCUT2D eigenvalue weighted by atomic mass is 9.77. The Hall–Kier alpha value is -1.54. The smallest absolute Gasteiger partial charge is 0.0381 e. The number of anilines is 1. The summed E-state index contributed by atoms with van der Waals surface area (Å²) in [6.07, 6.45) is 8.31. The van der Waals surface area contributed by atoms with Gasteiger partial charge in [0.2, 0.25) is 0 Å². The van der Waals surface area contributed by atoms with Gasteiger partial charge in [-0.1, -0.05) is 58.4 Å². The molecule has 0 fully saturated rings. The van der Waals surface area contributed by atoms with Crippen LogP contribution in [0.2, 0.25) is 0 Å². The second-order valence-electron chi connectivity index (χ2n) is 6.36. The van der Waals surface area contributed by atoms with E-state index < -0.39 is 0 Å². The summed E-state index contributed by atoms with van der Waals surface area (Å²) < 4.78 is 1.18. The number of fused-ring (bicyclic) bond motifs is 3. The fourth-order valence-electron chi connectivity index (χ4n) is 3.92. The molecule has 1 nitrogen and oxygen atoms in total. The maximum Gasteiger partial charge on any atom is 0.0381 e. The molecule has 0 aromatic heterocycles. The number of allylic oxidation sites excluding steroid dienone is 2. The van der Waals surface area contributed by atoms with Crippen LogP contribution in [0, 0.1) is 5.92 Å². The minimum absolute atomic E-state index is 0.564. The average molecular weight is 354 g/mol. The first kappa shape index (κ1) is 14.1. The molecule has 0 saturated carbocycles. The first-order valence-corrected chi connectivity index (χ1v) is 8.87. The van der Waals surface area contributed by atoms with E-state index in [9.17, 15) is 0 Å². The summed E-state index contributed by atoms with van der Waals surface area (Å²) >= 11 is 3.61. The second-order valence-corrected chi connectivity index (χ2v) is 7.28. The van der Waals surface area contributed by atoms with E-state index in [1.807, 2.05) is 0 Å². The molecule has 1 heterocycles. The molecule has 1 N–H and O–H groups in total. The molecule has 2 aromatic rings. The van der Waals surface area contributed by atoms with Crippen molar-refractivity contribution >= 4 is 21.6 Å². The van der Waals surface area contributed by atoms with Crippen molar-refractivity contribution in [3.8, 4) is 0 Å². The van der Waals surface area contributed by atoms with E-state index in [1.165, 1.54) is 34.1 Å². The quantitative estimate of drug-likeness (QED) is 0.714. The molecule has 22 heavy (non-hydrogen) atoms. The number of nitrogens with one attached hydrogen (secondary N) is 1.